The lowest BCUT2D eigenvalue weighted by Crippen LogP contribution is -2.41. The van der Waals surface area contributed by atoms with Gasteiger partial charge in [0.2, 0.25) is 0 Å². The molecule has 0 saturated carbocycles. The van der Waals surface area contributed by atoms with Gasteiger partial charge in [0.25, 0.3) is 5.91 Å². The SMILES string of the molecule is O=C(c1cc(Br)cc(Br)c1)N1CCCCCC1CBr. The zero-order valence-electron chi connectivity index (χ0n) is 10.5. The Morgan fingerprint density at radius 1 is 1.16 bits per heavy atom. The van der Waals surface area contributed by atoms with Crippen LogP contribution in [0.1, 0.15) is 36.0 Å². The van der Waals surface area contributed by atoms with E-state index in [9.17, 15) is 4.79 Å². The van der Waals surface area contributed by atoms with E-state index in [1.54, 1.807) is 0 Å². The minimum absolute atomic E-state index is 0.133. The topological polar surface area (TPSA) is 20.3 Å². The molecule has 5 heteroatoms. The Morgan fingerprint density at radius 3 is 2.47 bits per heavy atom. The summed E-state index contributed by atoms with van der Waals surface area (Å²) in [6, 6.07) is 6.04. The second kappa shape index (κ2) is 7.23. The molecule has 1 atom stereocenters. The molecule has 1 aliphatic rings. The Morgan fingerprint density at radius 2 is 1.84 bits per heavy atom. The molecule has 1 aliphatic heterocycles. The molecule has 0 bridgehead atoms. The van der Waals surface area contributed by atoms with Crippen LogP contribution in [0.3, 0.4) is 0 Å². The van der Waals surface area contributed by atoms with E-state index in [2.05, 4.69) is 47.8 Å². The molecule has 2 nitrogen and oxygen atoms in total. The molecular weight excluding hydrogens is 438 g/mol. The molecule has 1 fully saturated rings. The summed E-state index contributed by atoms with van der Waals surface area (Å²) < 4.78 is 1.85. The Balaban J connectivity index is 2.25. The second-order valence-electron chi connectivity index (χ2n) is 4.81. The van der Waals surface area contributed by atoms with E-state index in [4.69, 9.17) is 0 Å². The standard InChI is InChI=1S/C14H16Br3NO/c15-9-13-4-2-1-3-5-18(13)14(19)10-6-11(16)8-12(17)7-10/h6-8,13H,1-5,9H2. The number of likely N-dealkylation sites (tertiary alicyclic amines) is 1. The third-order valence-electron chi connectivity index (χ3n) is 3.43. The first-order chi connectivity index (χ1) is 9.11. The van der Waals surface area contributed by atoms with E-state index < -0.39 is 0 Å². The Labute approximate surface area is 139 Å². The number of hydrogen-bond donors (Lipinski definition) is 0. The molecule has 0 N–H and O–H groups in total. The van der Waals surface area contributed by atoms with Crippen LogP contribution >= 0.6 is 47.8 Å². The van der Waals surface area contributed by atoms with Crippen LogP contribution < -0.4 is 0 Å². The molecule has 1 aromatic rings. The van der Waals surface area contributed by atoms with Crippen molar-refractivity contribution in [3.63, 3.8) is 0 Å². The van der Waals surface area contributed by atoms with Crippen LogP contribution in [0, 0.1) is 0 Å². The Kier molecular flexibility index (Phi) is 5.90. The summed E-state index contributed by atoms with van der Waals surface area (Å²) in [5.74, 6) is 0.133. The van der Waals surface area contributed by atoms with Gasteiger partial charge in [0, 0.05) is 32.4 Å². The van der Waals surface area contributed by atoms with Crippen LogP contribution in [0.25, 0.3) is 0 Å². The highest BCUT2D eigenvalue weighted by Crippen LogP contribution is 2.24. The first-order valence-electron chi connectivity index (χ1n) is 6.45. The molecule has 1 amide bonds. The van der Waals surface area contributed by atoms with Crippen molar-refractivity contribution in [2.45, 2.75) is 31.7 Å². The molecule has 0 aliphatic carbocycles. The highest BCUT2D eigenvalue weighted by atomic mass is 79.9. The summed E-state index contributed by atoms with van der Waals surface area (Å²) in [6.07, 6.45) is 4.62. The lowest BCUT2D eigenvalue weighted by atomic mass is 10.1. The van der Waals surface area contributed by atoms with Crippen molar-refractivity contribution in [3.8, 4) is 0 Å². The summed E-state index contributed by atoms with van der Waals surface area (Å²) in [6.45, 7) is 0.860. The van der Waals surface area contributed by atoms with Crippen LogP contribution in [0.5, 0.6) is 0 Å². The first kappa shape index (κ1) is 15.5. The predicted molar refractivity (Wildman–Crippen MR) is 88.9 cm³/mol. The third kappa shape index (κ3) is 4.05. The monoisotopic (exact) mass is 451 g/mol. The highest BCUT2D eigenvalue weighted by Gasteiger charge is 2.25. The van der Waals surface area contributed by atoms with Crippen molar-refractivity contribution in [1.29, 1.82) is 0 Å². The fourth-order valence-electron chi connectivity index (χ4n) is 2.45. The molecule has 1 heterocycles. The molecule has 0 aromatic heterocycles. The number of alkyl halides is 1. The largest absolute Gasteiger partial charge is 0.335 e. The van der Waals surface area contributed by atoms with Gasteiger partial charge in [0.1, 0.15) is 0 Å². The maximum Gasteiger partial charge on any atom is 0.254 e. The number of halogens is 3. The average Bonchev–Trinajstić information content (AvgIpc) is 2.61. The Bertz CT molecular complexity index is 444. The average molecular weight is 454 g/mol. The molecule has 104 valence electrons. The number of carbonyl (C=O) groups is 1. The van der Waals surface area contributed by atoms with E-state index in [1.807, 2.05) is 23.1 Å². The molecule has 0 spiro atoms. The first-order valence-corrected chi connectivity index (χ1v) is 9.15. The van der Waals surface area contributed by atoms with Gasteiger partial charge in [-0.05, 0) is 31.0 Å². The van der Waals surface area contributed by atoms with Gasteiger partial charge in [-0.2, -0.15) is 0 Å². The number of benzene rings is 1. The minimum atomic E-state index is 0.133. The molecule has 1 saturated heterocycles. The van der Waals surface area contributed by atoms with Crippen molar-refractivity contribution in [1.82, 2.24) is 4.90 Å². The molecule has 0 radical (unpaired) electrons. The van der Waals surface area contributed by atoms with Crippen LogP contribution in [0.4, 0.5) is 0 Å². The number of carbonyl (C=O) groups excluding carboxylic acids is 1. The summed E-state index contributed by atoms with van der Waals surface area (Å²) >= 11 is 10.4. The zero-order valence-corrected chi connectivity index (χ0v) is 15.3. The predicted octanol–water partition coefficient (Wildman–Crippen LogP) is 4.99. The molecule has 19 heavy (non-hydrogen) atoms. The van der Waals surface area contributed by atoms with Crippen molar-refractivity contribution in [2.75, 3.05) is 11.9 Å². The molecule has 1 aromatic carbocycles. The fraction of sp³-hybridized carbons (Fsp3) is 0.500. The van der Waals surface area contributed by atoms with E-state index in [0.717, 1.165) is 39.2 Å². The van der Waals surface area contributed by atoms with E-state index >= 15 is 0 Å². The van der Waals surface area contributed by atoms with Crippen molar-refractivity contribution >= 4 is 53.7 Å². The van der Waals surface area contributed by atoms with Gasteiger partial charge in [-0.1, -0.05) is 60.6 Å². The molecule has 2 rings (SSSR count). The van der Waals surface area contributed by atoms with Crippen molar-refractivity contribution < 1.29 is 4.79 Å². The third-order valence-corrected chi connectivity index (χ3v) is 5.09. The van der Waals surface area contributed by atoms with Gasteiger partial charge in [-0.25, -0.2) is 0 Å². The quantitative estimate of drug-likeness (QED) is 0.577. The normalized spacial score (nSPS) is 20.2. The van der Waals surface area contributed by atoms with Gasteiger partial charge in [-0.15, -0.1) is 0 Å². The van der Waals surface area contributed by atoms with Crippen LogP contribution in [0.15, 0.2) is 27.1 Å². The lowest BCUT2D eigenvalue weighted by molar-refractivity contribution is 0.0702. The smallest absolute Gasteiger partial charge is 0.254 e. The van der Waals surface area contributed by atoms with Crippen molar-refractivity contribution in [3.05, 3.63) is 32.7 Å². The number of amides is 1. The van der Waals surface area contributed by atoms with Crippen LogP contribution in [-0.2, 0) is 0 Å². The van der Waals surface area contributed by atoms with Gasteiger partial charge in [0.05, 0.1) is 0 Å². The van der Waals surface area contributed by atoms with Gasteiger partial charge >= 0.3 is 0 Å². The van der Waals surface area contributed by atoms with Crippen LogP contribution in [0.2, 0.25) is 0 Å². The highest BCUT2D eigenvalue weighted by molar-refractivity contribution is 9.11. The number of hydrogen-bond acceptors (Lipinski definition) is 1. The van der Waals surface area contributed by atoms with Crippen LogP contribution in [-0.4, -0.2) is 28.7 Å². The summed E-state index contributed by atoms with van der Waals surface area (Å²) in [5.41, 5.74) is 0.745. The molecule has 1 unspecified atom stereocenters. The second-order valence-corrected chi connectivity index (χ2v) is 7.29. The lowest BCUT2D eigenvalue weighted by Gasteiger charge is -2.29. The van der Waals surface area contributed by atoms with Gasteiger partial charge < -0.3 is 4.90 Å². The van der Waals surface area contributed by atoms with E-state index in [1.165, 1.54) is 12.8 Å². The van der Waals surface area contributed by atoms with E-state index in [0.29, 0.717) is 6.04 Å². The summed E-state index contributed by atoms with van der Waals surface area (Å²) in [4.78, 5) is 14.7. The zero-order chi connectivity index (χ0) is 13.8. The van der Waals surface area contributed by atoms with E-state index in [-0.39, 0.29) is 5.91 Å². The maximum absolute atomic E-state index is 12.7. The van der Waals surface area contributed by atoms with Gasteiger partial charge in [0.15, 0.2) is 0 Å². The molecular formula is C14H16Br3NO. The minimum Gasteiger partial charge on any atom is -0.335 e. The summed E-state index contributed by atoms with van der Waals surface area (Å²) in [5, 5.41) is 0.855. The summed E-state index contributed by atoms with van der Waals surface area (Å²) in [7, 11) is 0. The maximum atomic E-state index is 12.7. The van der Waals surface area contributed by atoms with Gasteiger partial charge in [-0.3, -0.25) is 4.79 Å². The van der Waals surface area contributed by atoms with Crippen molar-refractivity contribution in [2.24, 2.45) is 0 Å². The number of nitrogens with zero attached hydrogens (tertiary/aromatic N) is 1. The number of rotatable bonds is 2. The Hall–Kier alpha value is 0.130. The fourth-order valence-corrected chi connectivity index (χ4v) is 4.42.